The van der Waals surface area contributed by atoms with Crippen molar-refractivity contribution < 1.29 is 0 Å². The van der Waals surface area contributed by atoms with E-state index in [4.69, 9.17) is 5.73 Å². The summed E-state index contributed by atoms with van der Waals surface area (Å²) < 4.78 is 0.844. The summed E-state index contributed by atoms with van der Waals surface area (Å²) in [5, 5.41) is 0. The molecule has 1 aromatic heterocycles. The first-order valence-electron chi connectivity index (χ1n) is 6.67. The van der Waals surface area contributed by atoms with Crippen LogP contribution in [0.1, 0.15) is 51.1 Å². The van der Waals surface area contributed by atoms with Crippen LogP contribution in [-0.2, 0) is 0 Å². The first-order valence-corrected chi connectivity index (χ1v) is 7.46. The molecule has 1 aromatic rings. The Kier molecular flexibility index (Phi) is 4.43. The topological polar surface area (TPSA) is 55.0 Å². The van der Waals surface area contributed by atoms with E-state index in [0.29, 0.717) is 11.7 Å². The average Bonchev–Trinajstić information content (AvgIpc) is 2.60. The molecule has 0 atom stereocenters. The molecule has 0 unspecified atom stereocenters. The van der Waals surface area contributed by atoms with Gasteiger partial charge in [0, 0.05) is 13.1 Å². The molecule has 0 bridgehead atoms. The van der Waals surface area contributed by atoms with Crippen LogP contribution in [0.15, 0.2) is 4.47 Å². The summed E-state index contributed by atoms with van der Waals surface area (Å²) in [5.41, 5.74) is 6.98. The maximum atomic E-state index is 5.98. The molecule has 2 rings (SSSR count). The van der Waals surface area contributed by atoms with E-state index in [1.165, 1.54) is 25.7 Å². The van der Waals surface area contributed by atoms with E-state index >= 15 is 0 Å². The van der Waals surface area contributed by atoms with Crippen LogP contribution < -0.4 is 10.6 Å². The van der Waals surface area contributed by atoms with Gasteiger partial charge in [0.1, 0.15) is 5.82 Å². The molecule has 4 nitrogen and oxygen atoms in total. The Morgan fingerprint density at radius 3 is 2.28 bits per heavy atom. The third-order valence-electron chi connectivity index (χ3n) is 3.33. The standard InChI is InChI=1S/C13H21BrN4/c1-9(2)11-10(14)12(15)17-13(16-11)18-7-5-3-4-6-8-18/h9H,3-8H2,1-2H3,(H2,15,16,17). The summed E-state index contributed by atoms with van der Waals surface area (Å²) in [6, 6.07) is 0. The molecule has 2 N–H and O–H groups in total. The molecule has 0 aliphatic carbocycles. The van der Waals surface area contributed by atoms with Gasteiger partial charge in [-0.05, 0) is 34.7 Å². The van der Waals surface area contributed by atoms with Crippen molar-refractivity contribution in [3.05, 3.63) is 10.2 Å². The lowest BCUT2D eigenvalue weighted by Crippen LogP contribution is -2.27. The van der Waals surface area contributed by atoms with Gasteiger partial charge in [-0.25, -0.2) is 4.98 Å². The number of nitrogens with two attached hydrogens (primary N) is 1. The molecule has 100 valence electrons. The van der Waals surface area contributed by atoms with Crippen molar-refractivity contribution in [1.29, 1.82) is 0 Å². The summed E-state index contributed by atoms with van der Waals surface area (Å²) in [7, 11) is 0. The van der Waals surface area contributed by atoms with E-state index in [9.17, 15) is 0 Å². The lowest BCUT2D eigenvalue weighted by molar-refractivity contribution is 0.726. The Bertz CT molecular complexity index is 412. The first-order chi connectivity index (χ1) is 8.59. The third-order valence-corrected chi connectivity index (χ3v) is 4.14. The molecule has 1 fully saturated rings. The Morgan fingerprint density at radius 1 is 1.11 bits per heavy atom. The smallest absolute Gasteiger partial charge is 0.227 e. The van der Waals surface area contributed by atoms with Crippen LogP contribution in [0.25, 0.3) is 0 Å². The molecule has 0 amide bonds. The number of rotatable bonds is 2. The van der Waals surface area contributed by atoms with E-state index in [0.717, 1.165) is 29.2 Å². The van der Waals surface area contributed by atoms with E-state index in [2.05, 4.69) is 44.6 Å². The van der Waals surface area contributed by atoms with Gasteiger partial charge in [0.15, 0.2) is 0 Å². The highest BCUT2D eigenvalue weighted by molar-refractivity contribution is 9.10. The van der Waals surface area contributed by atoms with Gasteiger partial charge in [-0.1, -0.05) is 26.7 Å². The van der Waals surface area contributed by atoms with Crippen LogP contribution in [0.2, 0.25) is 0 Å². The minimum absolute atomic E-state index is 0.343. The van der Waals surface area contributed by atoms with Crippen LogP contribution in [0, 0.1) is 0 Å². The minimum Gasteiger partial charge on any atom is -0.383 e. The monoisotopic (exact) mass is 312 g/mol. The molecule has 0 spiro atoms. The zero-order valence-electron chi connectivity index (χ0n) is 11.1. The van der Waals surface area contributed by atoms with Crippen molar-refractivity contribution >= 4 is 27.7 Å². The van der Waals surface area contributed by atoms with E-state index < -0.39 is 0 Å². The molecule has 1 aliphatic heterocycles. The zero-order chi connectivity index (χ0) is 13.1. The number of anilines is 2. The fourth-order valence-electron chi connectivity index (χ4n) is 2.26. The van der Waals surface area contributed by atoms with Gasteiger partial charge >= 0.3 is 0 Å². The molecular weight excluding hydrogens is 292 g/mol. The maximum absolute atomic E-state index is 5.98. The summed E-state index contributed by atoms with van der Waals surface area (Å²) in [6.07, 6.45) is 5.05. The van der Waals surface area contributed by atoms with E-state index in [-0.39, 0.29) is 0 Å². The highest BCUT2D eigenvalue weighted by Crippen LogP contribution is 2.29. The predicted octanol–water partition coefficient (Wildman–Crippen LogP) is 3.33. The number of halogens is 1. The quantitative estimate of drug-likeness (QED) is 0.910. The summed E-state index contributed by atoms with van der Waals surface area (Å²) in [4.78, 5) is 11.4. The molecule has 0 aromatic carbocycles. The van der Waals surface area contributed by atoms with Crippen LogP contribution in [0.3, 0.4) is 0 Å². The summed E-state index contributed by atoms with van der Waals surface area (Å²) >= 11 is 3.49. The normalized spacial score (nSPS) is 17.0. The fourth-order valence-corrected chi connectivity index (χ4v) is 2.90. The molecule has 5 heteroatoms. The van der Waals surface area contributed by atoms with Crippen molar-refractivity contribution in [2.75, 3.05) is 23.7 Å². The van der Waals surface area contributed by atoms with Crippen LogP contribution in [-0.4, -0.2) is 23.1 Å². The van der Waals surface area contributed by atoms with Gasteiger partial charge in [-0.15, -0.1) is 0 Å². The van der Waals surface area contributed by atoms with Gasteiger partial charge in [-0.3, -0.25) is 0 Å². The highest BCUT2D eigenvalue weighted by Gasteiger charge is 2.18. The van der Waals surface area contributed by atoms with Gasteiger partial charge in [0.2, 0.25) is 5.95 Å². The minimum atomic E-state index is 0.343. The zero-order valence-corrected chi connectivity index (χ0v) is 12.7. The summed E-state index contributed by atoms with van der Waals surface area (Å²) in [6.45, 7) is 6.33. The second kappa shape index (κ2) is 5.87. The Balaban J connectivity index is 2.32. The second-order valence-corrected chi connectivity index (χ2v) is 5.96. The second-order valence-electron chi connectivity index (χ2n) is 5.16. The molecule has 0 saturated carbocycles. The molecule has 18 heavy (non-hydrogen) atoms. The first kappa shape index (κ1) is 13.6. The van der Waals surface area contributed by atoms with Gasteiger partial charge in [-0.2, -0.15) is 4.98 Å². The lowest BCUT2D eigenvalue weighted by Gasteiger charge is -2.22. The van der Waals surface area contributed by atoms with Crippen molar-refractivity contribution in [1.82, 2.24) is 9.97 Å². The molecule has 1 aliphatic rings. The van der Waals surface area contributed by atoms with E-state index in [1.54, 1.807) is 0 Å². The number of hydrogen-bond donors (Lipinski definition) is 1. The Morgan fingerprint density at radius 2 is 1.72 bits per heavy atom. The Hall–Kier alpha value is -0.840. The average molecular weight is 313 g/mol. The fraction of sp³-hybridized carbons (Fsp3) is 0.692. The predicted molar refractivity (Wildman–Crippen MR) is 78.9 cm³/mol. The maximum Gasteiger partial charge on any atom is 0.227 e. The van der Waals surface area contributed by atoms with Gasteiger partial charge in [0.25, 0.3) is 0 Å². The lowest BCUT2D eigenvalue weighted by atomic mass is 10.1. The van der Waals surface area contributed by atoms with Crippen LogP contribution in [0.4, 0.5) is 11.8 Å². The van der Waals surface area contributed by atoms with Crippen LogP contribution in [0.5, 0.6) is 0 Å². The van der Waals surface area contributed by atoms with Crippen LogP contribution >= 0.6 is 15.9 Å². The number of nitrogen functional groups attached to an aromatic ring is 1. The van der Waals surface area contributed by atoms with E-state index in [1.807, 2.05) is 0 Å². The van der Waals surface area contributed by atoms with Crippen molar-refractivity contribution in [3.63, 3.8) is 0 Å². The molecule has 0 radical (unpaired) electrons. The number of nitrogens with zero attached hydrogens (tertiary/aromatic N) is 3. The molecule has 1 saturated heterocycles. The van der Waals surface area contributed by atoms with Crippen molar-refractivity contribution in [2.45, 2.75) is 45.4 Å². The SMILES string of the molecule is CC(C)c1nc(N2CCCCCC2)nc(N)c1Br. The third kappa shape index (κ3) is 2.94. The van der Waals surface area contributed by atoms with Crippen molar-refractivity contribution in [2.24, 2.45) is 0 Å². The number of aromatic nitrogens is 2. The molecule has 2 heterocycles. The highest BCUT2D eigenvalue weighted by atomic mass is 79.9. The largest absolute Gasteiger partial charge is 0.383 e. The summed E-state index contributed by atoms with van der Waals surface area (Å²) in [5.74, 6) is 1.68. The Labute approximate surface area is 117 Å². The van der Waals surface area contributed by atoms with Gasteiger partial charge < -0.3 is 10.6 Å². The van der Waals surface area contributed by atoms with Gasteiger partial charge in [0.05, 0.1) is 10.2 Å². The molecular formula is C13H21BrN4. The van der Waals surface area contributed by atoms with Crippen molar-refractivity contribution in [3.8, 4) is 0 Å². The number of hydrogen-bond acceptors (Lipinski definition) is 4.